The Morgan fingerprint density at radius 1 is 1.19 bits per heavy atom. The summed E-state index contributed by atoms with van der Waals surface area (Å²) in [7, 11) is 0. The number of nitrogens with zero attached hydrogens (tertiary/aromatic N) is 3. The molecule has 2 fully saturated rings. The lowest BCUT2D eigenvalue weighted by Crippen LogP contribution is -2.44. The first-order valence-electron chi connectivity index (χ1n) is 9.37. The number of hydrogen-bond donors (Lipinski definition) is 3. The van der Waals surface area contributed by atoms with Gasteiger partial charge in [0.25, 0.3) is 0 Å². The first kappa shape index (κ1) is 17.5. The molecule has 2 aromatic rings. The predicted molar refractivity (Wildman–Crippen MR) is 97.5 cm³/mol. The van der Waals surface area contributed by atoms with E-state index < -0.39 is 5.97 Å². The number of aromatic nitrogens is 3. The molecule has 1 saturated heterocycles. The summed E-state index contributed by atoms with van der Waals surface area (Å²) in [5.74, 6) is 1.56. The van der Waals surface area contributed by atoms with Gasteiger partial charge in [-0.05, 0) is 43.4 Å². The van der Waals surface area contributed by atoms with Crippen LogP contribution in [0.5, 0.6) is 0 Å². The van der Waals surface area contributed by atoms with Crippen LogP contribution in [0.2, 0.25) is 0 Å². The van der Waals surface area contributed by atoms with Gasteiger partial charge in [-0.15, -0.1) is 0 Å². The molecular formula is C19H23N5O3. The highest BCUT2D eigenvalue weighted by atomic mass is 16.4. The zero-order chi connectivity index (χ0) is 18.8. The highest BCUT2D eigenvalue weighted by molar-refractivity contribution is 5.87. The van der Waals surface area contributed by atoms with Crippen molar-refractivity contribution in [2.75, 3.05) is 13.1 Å². The number of aromatic amines is 1. The number of nitrogens with one attached hydrogen (secondary N) is 2. The lowest BCUT2D eigenvalue weighted by atomic mass is 9.97. The molecule has 1 aliphatic carbocycles. The quantitative estimate of drug-likeness (QED) is 0.750. The van der Waals surface area contributed by atoms with Crippen LogP contribution < -0.4 is 5.32 Å². The van der Waals surface area contributed by atoms with E-state index in [9.17, 15) is 9.59 Å². The van der Waals surface area contributed by atoms with Gasteiger partial charge in [-0.1, -0.05) is 12.1 Å². The van der Waals surface area contributed by atoms with Crippen LogP contribution in [-0.2, 0) is 6.54 Å². The van der Waals surface area contributed by atoms with Gasteiger partial charge in [-0.3, -0.25) is 5.10 Å². The Morgan fingerprint density at radius 2 is 1.96 bits per heavy atom. The van der Waals surface area contributed by atoms with Gasteiger partial charge < -0.3 is 15.3 Å². The molecule has 1 aromatic heterocycles. The maximum atomic E-state index is 12.5. The summed E-state index contributed by atoms with van der Waals surface area (Å²) >= 11 is 0. The SMILES string of the molecule is O=C(O)c1ccc(CNC(=O)N2CCCC(c3n[nH]c(C4CC4)n3)C2)cc1. The maximum Gasteiger partial charge on any atom is 0.335 e. The molecule has 2 aliphatic rings. The highest BCUT2D eigenvalue weighted by Gasteiger charge is 2.31. The number of piperidine rings is 1. The summed E-state index contributed by atoms with van der Waals surface area (Å²) < 4.78 is 0. The molecule has 142 valence electrons. The molecule has 1 unspecified atom stereocenters. The summed E-state index contributed by atoms with van der Waals surface area (Å²) in [6, 6.07) is 6.41. The molecule has 4 rings (SSSR count). The van der Waals surface area contributed by atoms with Gasteiger partial charge in [0, 0.05) is 31.5 Å². The molecule has 0 spiro atoms. The minimum atomic E-state index is -0.957. The summed E-state index contributed by atoms with van der Waals surface area (Å²) in [5, 5.41) is 19.3. The second kappa shape index (κ2) is 7.38. The van der Waals surface area contributed by atoms with Crippen molar-refractivity contribution in [3.05, 3.63) is 47.0 Å². The van der Waals surface area contributed by atoms with Gasteiger partial charge in [0.05, 0.1) is 5.56 Å². The average Bonchev–Trinajstić information content (AvgIpc) is 3.43. The molecule has 2 heterocycles. The third-order valence-electron chi connectivity index (χ3n) is 5.20. The normalized spacial score (nSPS) is 19.7. The average molecular weight is 369 g/mol. The number of aromatic carboxylic acids is 1. The number of carboxylic acids is 1. The molecule has 0 bridgehead atoms. The highest BCUT2D eigenvalue weighted by Crippen LogP contribution is 2.38. The van der Waals surface area contributed by atoms with E-state index in [0.717, 1.165) is 36.6 Å². The van der Waals surface area contributed by atoms with E-state index in [1.807, 2.05) is 4.90 Å². The molecule has 3 N–H and O–H groups in total. The second-order valence-electron chi connectivity index (χ2n) is 7.30. The van der Waals surface area contributed by atoms with Crippen molar-refractivity contribution in [3.63, 3.8) is 0 Å². The lowest BCUT2D eigenvalue weighted by molar-refractivity contribution is 0.0697. The molecule has 8 nitrogen and oxygen atoms in total. The Morgan fingerprint density at radius 3 is 2.67 bits per heavy atom. The second-order valence-corrected chi connectivity index (χ2v) is 7.30. The van der Waals surface area contributed by atoms with Crippen LogP contribution in [0.3, 0.4) is 0 Å². The Hall–Kier alpha value is -2.90. The molecule has 2 amide bonds. The molecule has 0 radical (unpaired) electrons. The Labute approximate surface area is 157 Å². The number of benzene rings is 1. The minimum absolute atomic E-state index is 0.111. The van der Waals surface area contributed by atoms with Crippen LogP contribution in [0, 0.1) is 0 Å². The number of carbonyl (C=O) groups excluding carboxylic acids is 1. The van der Waals surface area contributed by atoms with Crippen molar-refractivity contribution >= 4 is 12.0 Å². The van der Waals surface area contributed by atoms with Crippen molar-refractivity contribution in [1.82, 2.24) is 25.4 Å². The number of H-pyrrole nitrogens is 1. The molecule has 1 aromatic carbocycles. The van der Waals surface area contributed by atoms with Gasteiger partial charge in [0.2, 0.25) is 0 Å². The van der Waals surface area contributed by atoms with E-state index in [4.69, 9.17) is 5.11 Å². The third-order valence-corrected chi connectivity index (χ3v) is 5.20. The number of rotatable bonds is 5. The van der Waals surface area contributed by atoms with E-state index in [2.05, 4.69) is 20.5 Å². The van der Waals surface area contributed by atoms with Gasteiger partial charge in [0.1, 0.15) is 5.82 Å². The van der Waals surface area contributed by atoms with Gasteiger partial charge in [-0.2, -0.15) is 5.10 Å². The summed E-state index contributed by atoms with van der Waals surface area (Å²) in [5.41, 5.74) is 1.10. The zero-order valence-electron chi connectivity index (χ0n) is 15.0. The topological polar surface area (TPSA) is 111 Å². The van der Waals surface area contributed by atoms with Crippen molar-refractivity contribution < 1.29 is 14.7 Å². The van der Waals surface area contributed by atoms with Crippen LogP contribution in [0.15, 0.2) is 24.3 Å². The molecule has 1 saturated carbocycles. The Balaban J connectivity index is 1.31. The molecule has 27 heavy (non-hydrogen) atoms. The van der Waals surface area contributed by atoms with E-state index in [1.165, 1.54) is 12.8 Å². The van der Waals surface area contributed by atoms with E-state index in [1.54, 1.807) is 24.3 Å². The fraction of sp³-hybridized carbons (Fsp3) is 0.474. The predicted octanol–water partition coefficient (Wildman–Crippen LogP) is 2.47. The van der Waals surface area contributed by atoms with E-state index in [-0.39, 0.29) is 17.5 Å². The fourth-order valence-electron chi connectivity index (χ4n) is 3.44. The molecule has 8 heteroatoms. The number of likely N-dealkylation sites (tertiary alicyclic amines) is 1. The largest absolute Gasteiger partial charge is 0.478 e. The number of carbonyl (C=O) groups is 2. The van der Waals surface area contributed by atoms with Crippen molar-refractivity contribution in [2.24, 2.45) is 0 Å². The van der Waals surface area contributed by atoms with E-state index in [0.29, 0.717) is 19.0 Å². The van der Waals surface area contributed by atoms with Crippen LogP contribution in [-0.4, -0.2) is 50.3 Å². The van der Waals surface area contributed by atoms with Crippen LogP contribution in [0.4, 0.5) is 4.79 Å². The number of urea groups is 1. The monoisotopic (exact) mass is 369 g/mol. The smallest absolute Gasteiger partial charge is 0.335 e. The number of amides is 2. The van der Waals surface area contributed by atoms with Crippen molar-refractivity contribution in [2.45, 2.75) is 44.1 Å². The standard InChI is InChI=1S/C19H23N5O3/c25-18(26)14-5-3-12(4-6-14)10-20-19(27)24-9-1-2-15(11-24)17-21-16(22-23-17)13-7-8-13/h3-6,13,15H,1-2,7-11H2,(H,20,27)(H,25,26)(H,21,22,23). The van der Waals surface area contributed by atoms with Gasteiger partial charge >= 0.3 is 12.0 Å². The van der Waals surface area contributed by atoms with Crippen LogP contribution >= 0.6 is 0 Å². The molecular weight excluding hydrogens is 346 g/mol. The summed E-state index contributed by atoms with van der Waals surface area (Å²) in [4.78, 5) is 29.9. The number of hydrogen-bond acceptors (Lipinski definition) is 4. The van der Waals surface area contributed by atoms with Crippen LogP contribution in [0.25, 0.3) is 0 Å². The lowest BCUT2D eigenvalue weighted by Gasteiger charge is -2.31. The first-order valence-corrected chi connectivity index (χ1v) is 9.37. The third kappa shape index (κ3) is 4.10. The van der Waals surface area contributed by atoms with Crippen LogP contribution in [0.1, 0.15) is 65.1 Å². The van der Waals surface area contributed by atoms with Crippen molar-refractivity contribution in [1.29, 1.82) is 0 Å². The molecule has 1 aliphatic heterocycles. The fourth-order valence-corrected chi connectivity index (χ4v) is 3.44. The van der Waals surface area contributed by atoms with Gasteiger partial charge in [0.15, 0.2) is 5.82 Å². The Bertz CT molecular complexity index is 828. The minimum Gasteiger partial charge on any atom is -0.478 e. The van der Waals surface area contributed by atoms with Gasteiger partial charge in [-0.25, -0.2) is 14.6 Å². The first-order chi connectivity index (χ1) is 13.1. The summed E-state index contributed by atoms with van der Waals surface area (Å²) in [6.07, 6.45) is 4.28. The van der Waals surface area contributed by atoms with E-state index >= 15 is 0 Å². The molecule has 1 atom stereocenters. The summed E-state index contributed by atoms with van der Waals surface area (Å²) in [6.45, 7) is 1.71. The maximum absolute atomic E-state index is 12.5. The number of carboxylic acid groups (broad SMARTS) is 1. The Kier molecular flexibility index (Phi) is 4.79. The zero-order valence-corrected chi connectivity index (χ0v) is 15.0. The van der Waals surface area contributed by atoms with Crippen molar-refractivity contribution in [3.8, 4) is 0 Å².